The second kappa shape index (κ2) is 3.45. The molecule has 88 valence electrons. The maximum Gasteiger partial charge on any atom is 0.137 e. The van der Waals surface area contributed by atoms with Gasteiger partial charge in [-0.05, 0) is 36.8 Å². The van der Waals surface area contributed by atoms with Gasteiger partial charge < -0.3 is 4.40 Å². The van der Waals surface area contributed by atoms with Crippen LogP contribution in [-0.2, 0) is 6.42 Å². The van der Waals surface area contributed by atoms with Gasteiger partial charge in [0, 0.05) is 22.2 Å². The number of aromatic nitrogens is 2. The van der Waals surface area contributed by atoms with Crippen LogP contribution in [0.2, 0.25) is 0 Å². The Morgan fingerprint density at radius 1 is 1.22 bits per heavy atom. The minimum atomic E-state index is 0.968. The van der Waals surface area contributed by atoms with Gasteiger partial charge in [0.1, 0.15) is 5.65 Å². The normalized spacial score (nSPS) is 12.8. The molecule has 2 aromatic heterocycles. The van der Waals surface area contributed by atoms with E-state index in [9.17, 15) is 0 Å². The minimum absolute atomic E-state index is 0.968. The second-order valence-electron chi connectivity index (χ2n) is 4.75. The molecule has 0 N–H and O–H groups in total. The minimum Gasteiger partial charge on any atom is -0.300 e. The number of nitrogens with zero attached hydrogens (tertiary/aromatic N) is 2. The maximum absolute atomic E-state index is 4.77. The number of imidazole rings is 1. The van der Waals surface area contributed by atoms with Gasteiger partial charge in [-0.3, -0.25) is 0 Å². The fraction of sp³-hybridized carbons (Fsp3) is 0.133. The van der Waals surface area contributed by atoms with E-state index in [2.05, 4.69) is 63.7 Å². The van der Waals surface area contributed by atoms with Crippen molar-refractivity contribution in [3.8, 4) is 11.3 Å². The Morgan fingerprint density at radius 2 is 2.11 bits per heavy atom. The summed E-state index contributed by atoms with van der Waals surface area (Å²) >= 11 is 3.53. The van der Waals surface area contributed by atoms with Gasteiger partial charge in [-0.2, -0.15) is 0 Å². The molecule has 0 atom stereocenters. The molecule has 0 unspecified atom stereocenters. The third-order valence-corrected chi connectivity index (χ3v) is 4.11. The van der Waals surface area contributed by atoms with E-state index in [4.69, 9.17) is 4.98 Å². The van der Waals surface area contributed by atoms with Crippen LogP contribution in [0.4, 0.5) is 0 Å². The first-order valence-electron chi connectivity index (χ1n) is 6.00. The highest BCUT2D eigenvalue weighted by Gasteiger charge is 2.24. The smallest absolute Gasteiger partial charge is 0.137 e. The van der Waals surface area contributed by atoms with E-state index in [1.807, 2.05) is 0 Å². The highest BCUT2D eigenvalue weighted by atomic mass is 79.9. The predicted molar refractivity (Wildman–Crippen MR) is 75.9 cm³/mol. The van der Waals surface area contributed by atoms with E-state index < -0.39 is 0 Å². The van der Waals surface area contributed by atoms with Crippen molar-refractivity contribution in [1.82, 2.24) is 9.38 Å². The fourth-order valence-corrected chi connectivity index (χ4v) is 3.23. The molecule has 0 saturated heterocycles. The lowest BCUT2D eigenvalue weighted by Gasteiger charge is -2.03. The van der Waals surface area contributed by atoms with Crippen LogP contribution in [0.15, 0.2) is 40.9 Å². The van der Waals surface area contributed by atoms with Crippen LogP contribution in [0.3, 0.4) is 0 Å². The van der Waals surface area contributed by atoms with E-state index in [1.165, 1.54) is 22.5 Å². The molecule has 0 spiro atoms. The molecule has 3 heteroatoms. The summed E-state index contributed by atoms with van der Waals surface area (Å²) in [5.41, 5.74) is 7.39. The summed E-state index contributed by atoms with van der Waals surface area (Å²) in [5, 5.41) is 0. The molecule has 0 bridgehead atoms. The summed E-state index contributed by atoms with van der Waals surface area (Å²) in [6.07, 6.45) is 0.968. The molecule has 0 amide bonds. The van der Waals surface area contributed by atoms with Crippen molar-refractivity contribution in [1.29, 1.82) is 0 Å². The third-order valence-electron chi connectivity index (χ3n) is 3.61. The second-order valence-corrected chi connectivity index (χ2v) is 5.66. The van der Waals surface area contributed by atoms with Gasteiger partial charge in [0.25, 0.3) is 0 Å². The van der Waals surface area contributed by atoms with Gasteiger partial charge in [-0.1, -0.05) is 28.1 Å². The van der Waals surface area contributed by atoms with Gasteiger partial charge in [0.05, 0.1) is 11.4 Å². The Hall–Kier alpha value is -1.61. The molecule has 0 fully saturated rings. The van der Waals surface area contributed by atoms with Crippen LogP contribution in [0, 0.1) is 6.92 Å². The van der Waals surface area contributed by atoms with Crippen molar-refractivity contribution < 1.29 is 0 Å². The van der Waals surface area contributed by atoms with Crippen LogP contribution in [-0.4, -0.2) is 9.38 Å². The highest BCUT2D eigenvalue weighted by molar-refractivity contribution is 9.10. The summed E-state index contributed by atoms with van der Waals surface area (Å²) in [6, 6.07) is 12.7. The monoisotopic (exact) mass is 298 g/mol. The van der Waals surface area contributed by atoms with Crippen molar-refractivity contribution in [3.05, 3.63) is 57.8 Å². The zero-order valence-electron chi connectivity index (χ0n) is 9.94. The van der Waals surface area contributed by atoms with Gasteiger partial charge in [0.2, 0.25) is 0 Å². The molecular formula is C15H11BrN2. The highest BCUT2D eigenvalue weighted by Crippen LogP contribution is 2.38. The van der Waals surface area contributed by atoms with Crippen molar-refractivity contribution in [3.63, 3.8) is 0 Å². The van der Waals surface area contributed by atoms with Crippen LogP contribution in [0.1, 0.15) is 17.0 Å². The zero-order chi connectivity index (χ0) is 12.3. The number of halogens is 1. The van der Waals surface area contributed by atoms with Crippen LogP contribution < -0.4 is 0 Å². The van der Waals surface area contributed by atoms with E-state index in [0.717, 1.165) is 22.2 Å². The Labute approximate surface area is 113 Å². The van der Waals surface area contributed by atoms with Crippen LogP contribution in [0.5, 0.6) is 0 Å². The van der Waals surface area contributed by atoms with E-state index in [-0.39, 0.29) is 0 Å². The molecular weight excluding hydrogens is 288 g/mol. The molecule has 1 aromatic carbocycles. The Kier molecular flexibility index (Phi) is 1.98. The number of fused-ring (bicyclic) bond motifs is 5. The predicted octanol–water partition coefficient (Wildman–Crippen LogP) is 3.98. The molecule has 2 heterocycles. The lowest BCUT2D eigenvalue weighted by molar-refractivity contribution is 1.00. The molecule has 0 radical (unpaired) electrons. The molecule has 3 aromatic rings. The van der Waals surface area contributed by atoms with E-state index in [1.54, 1.807) is 0 Å². The standard InChI is InChI=1S/C15H11BrN2/c1-9-3-2-4-14-17-15-12-6-5-11(16)7-10(12)8-13(15)18(9)14/h2-7H,8H2,1H3. The summed E-state index contributed by atoms with van der Waals surface area (Å²) in [4.78, 5) is 4.77. The van der Waals surface area contributed by atoms with Crippen molar-refractivity contribution in [2.75, 3.05) is 0 Å². The quantitative estimate of drug-likeness (QED) is 0.480. The molecule has 1 aliphatic rings. The number of hydrogen-bond donors (Lipinski definition) is 0. The van der Waals surface area contributed by atoms with Gasteiger partial charge in [0.15, 0.2) is 0 Å². The summed E-state index contributed by atoms with van der Waals surface area (Å²) < 4.78 is 3.40. The maximum atomic E-state index is 4.77. The van der Waals surface area contributed by atoms with Gasteiger partial charge in [-0.25, -0.2) is 4.98 Å². The lowest BCUT2D eigenvalue weighted by Crippen LogP contribution is -1.95. The fourth-order valence-electron chi connectivity index (χ4n) is 2.83. The Bertz CT molecular complexity index is 787. The molecule has 1 aliphatic carbocycles. The zero-order valence-corrected chi connectivity index (χ0v) is 11.5. The van der Waals surface area contributed by atoms with Crippen LogP contribution in [0.25, 0.3) is 16.9 Å². The number of rotatable bonds is 0. The number of aryl methyl sites for hydroxylation is 1. The number of pyridine rings is 1. The third kappa shape index (κ3) is 1.25. The van der Waals surface area contributed by atoms with E-state index >= 15 is 0 Å². The number of benzene rings is 1. The van der Waals surface area contributed by atoms with Crippen molar-refractivity contribution in [2.45, 2.75) is 13.3 Å². The van der Waals surface area contributed by atoms with Crippen LogP contribution >= 0.6 is 15.9 Å². The first-order valence-corrected chi connectivity index (χ1v) is 6.79. The molecule has 0 aliphatic heterocycles. The molecule has 4 rings (SSSR count). The van der Waals surface area contributed by atoms with Gasteiger partial charge >= 0.3 is 0 Å². The first kappa shape index (κ1) is 10.3. The van der Waals surface area contributed by atoms with Crippen molar-refractivity contribution >= 4 is 21.6 Å². The molecule has 2 nitrogen and oxygen atoms in total. The average Bonchev–Trinajstić information content (AvgIpc) is 2.84. The Balaban J connectivity index is 2.08. The Morgan fingerprint density at radius 3 is 3.00 bits per heavy atom. The average molecular weight is 299 g/mol. The topological polar surface area (TPSA) is 17.3 Å². The van der Waals surface area contributed by atoms with E-state index in [0.29, 0.717) is 0 Å². The van der Waals surface area contributed by atoms with Crippen molar-refractivity contribution in [2.24, 2.45) is 0 Å². The lowest BCUT2D eigenvalue weighted by atomic mass is 10.1. The number of hydrogen-bond acceptors (Lipinski definition) is 1. The summed E-state index contributed by atoms with van der Waals surface area (Å²) in [7, 11) is 0. The van der Waals surface area contributed by atoms with Gasteiger partial charge in [-0.15, -0.1) is 0 Å². The SMILES string of the molecule is Cc1cccc2nc3c(n12)Cc1cc(Br)ccc1-3. The molecule has 18 heavy (non-hydrogen) atoms. The summed E-state index contributed by atoms with van der Waals surface area (Å²) in [6.45, 7) is 2.13. The largest absolute Gasteiger partial charge is 0.300 e. The summed E-state index contributed by atoms with van der Waals surface area (Å²) in [5.74, 6) is 0. The molecule has 0 saturated carbocycles. The first-order chi connectivity index (χ1) is 8.74.